The van der Waals surface area contributed by atoms with Crippen molar-refractivity contribution in [1.82, 2.24) is 14.7 Å². The average molecular weight is 259 g/mol. The number of β-amino-alcohol motifs (C(OH)–C–C–N with tert-alkyl or cyclic N) is 2. The predicted octanol–water partition coefficient (Wildman–Crippen LogP) is 0.410. The van der Waals surface area contributed by atoms with Crippen LogP contribution < -0.4 is 0 Å². The molecule has 0 aliphatic carbocycles. The van der Waals surface area contributed by atoms with Crippen molar-refractivity contribution in [2.45, 2.75) is 18.8 Å². The monoisotopic (exact) mass is 259 g/mol. The molecule has 2 atom stereocenters. The Bertz CT molecular complexity index is 531. The molecule has 0 bridgehead atoms. The molecule has 2 unspecified atom stereocenters. The van der Waals surface area contributed by atoms with E-state index in [1.165, 1.54) is 0 Å². The summed E-state index contributed by atoms with van der Waals surface area (Å²) in [5.41, 5.74) is 1.96. The van der Waals surface area contributed by atoms with Crippen LogP contribution in [0.2, 0.25) is 0 Å². The lowest BCUT2D eigenvalue weighted by molar-refractivity contribution is 0.0572. The summed E-state index contributed by atoms with van der Waals surface area (Å²) >= 11 is 0. The smallest absolute Gasteiger partial charge is 0.0938 e. The minimum absolute atomic E-state index is 0.499. The number of aliphatic hydroxyl groups excluding tert-OH is 2. The number of rotatable bonds is 3. The van der Waals surface area contributed by atoms with E-state index >= 15 is 0 Å². The quantitative estimate of drug-likeness (QED) is 0.838. The molecule has 1 aliphatic rings. The van der Waals surface area contributed by atoms with Crippen molar-refractivity contribution in [3.05, 3.63) is 48.3 Å². The van der Waals surface area contributed by atoms with E-state index in [0.29, 0.717) is 19.6 Å². The van der Waals surface area contributed by atoms with Crippen LogP contribution in [0, 0.1) is 0 Å². The van der Waals surface area contributed by atoms with Crippen molar-refractivity contribution >= 4 is 0 Å². The Kier molecular flexibility index (Phi) is 3.33. The Morgan fingerprint density at radius 3 is 2.42 bits per heavy atom. The lowest BCUT2D eigenvalue weighted by Gasteiger charge is -2.12. The summed E-state index contributed by atoms with van der Waals surface area (Å²) in [6.07, 6.45) is 0.639. The van der Waals surface area contributed by atoms with Gasteiger partial charge in [-0.05, 0) is 18.2 Å². The molecule has 0 spiro atoms. The highest BCUT2D eigenvalue weighted by Gasteiger charge is 2.29. The van der Waals surface area contributed by atoms with Gasteiger partial charge in [0.2, 0.25) is 0 Å². The first-order valence-corrected chi connectivity index (χ1v) is 6.41. The molecule has 1 aromatic carbocycles. The fraction of sp³-hybridized carbons (Fsp3) is 0.357. The van der Waals surface area contributed by atoms with E-state index in [0.717, 1.165) is 11.4 Å². The molecule has 2 N–H and O–H groups in total. The molecule has 0 amide bonds. The van der Waals surface area contributed by atoms with Crippen LogP contribution in [-0.4, -0.2) is 50.2 Å². The lowest BCUT2D eigenvalue weighted by atomic mass is 10.3. The van der Waals surface area contributed by atoms with Crippen LogP contribution in [0.15, 0.2) is 42.6 Å². The number of para-hydroxylation sites is 1. The number of likely N-dealkylation sites (tertiary alicyclic amines) is 1. The first-order valence-electron chi connectivity index (χ1n) is 6.41. The van der Waals surface area contributed by atoms with E-state index in [-0.39, 0.29) is 0 Å². The molecule has 3 rings (SSSR count). The van der Waals surface area contributed by atoms with Gasteiger partial charge in [0, 0.05) is 25.8 Å². The van der Waals surface area contributed by atoms with Gasteiger partial charge in [-0.15, -0.1) is 0 Å². The Labute approximate surface area is 111 Å². The molecule has 1 fully saturated rings. The highest BCUT2D eigenvalue weighted by molar-refractivity contribution is 5.30. The normalized spacial score (nSPS) is 23.9. The van der Waals surface area contributed by atoms with E-state index in [1.54, 1.807) is 0 Å². The van der Waals surface area contributed by atoms with Crippen LogP contribution in [-0.2, 0) is 6.54 Å². The molecule has 19 heavy (non-hydrogen) atoms. The van der Waals surface area contributed by atoms with Crippen LogP contribution in [0.5, 0.6) is 0 Å². The molecule has 1 aliphatic heterocycles. The molecular weight excluding hydrogens is 242 g/mol. The Morgan fingerprint density at radius 2 is 1.74 bits per heavy atom. The summed E-state index contributed by atoms with van der Waals surface area (Å²) in [4.78, 5) is 2.01. The fourth-order valence-corrected chi connectivity index (χ4v) is 2.38. The third kappa shape index (κ3) is 2.68. The summed E-state index contributed by atoms with van der Waals surface area (Å²) in [5.74, 6) is 0. The number of aliphatic hydroxyl groups is 2. The van der Waals surface area contributed by atoms with E-state index in [4.69, 9.17) is 0 Å². The minimum atomic E-state index is -0.642. The molecular formula is C14H17N3O2. The largest absolute Gasteiger partial charge is 0.389 e. The summed E-state index contributed by atoms with van der Waals surface area (Å²) in [6.45, 7) is 1.65. The van der Waals surface area contributed by atoms with Gasteiger partial charge in [-0.3, -0.25) is 4.90 Å². The van der Waals surface area contributed by atoms with Gasteiger partial charge in [0.15, 0.2) is 0 Å². The van der Waals surface area contributed by atoms with Gasteiger partial charge >= 0.3 is 0 Å². The Balaban J connectivity index is 1.69. The van der Waals surface area contributed by atoms with Crippen molar-refractivity contribution in [2.75, 3.05) is 13.1 Å². The molecule has 2 aromatic rings. The topological polar surface area (TPSA) is 61.5 Å². The van der Waals surface area contributed by atoms with Crippen molar-refractivity contribution in [1.29, 1.82) is 0 Å². The fourth-order valence-electron chi connectivity index (χ4n) is 2.38. The van der Waals surface area contributed by atoms with Crippen LogP contribution in [0.3, 0.4) is 0 Å². The van der Waals surface area contributed by atoms with Gasteiger partial charge < -0.3 is 10.2 Å². The zero-order valence-corrected chi connectivity index (χ0v) is 10.6. The Hall–Kier alpha value is -1.69. The molecule has 0 saturated carbocycles. The summed E-state index contributed by atoms with van der Waals surface area (Å²) in [5, 5.41) is 23.5. The number of hydrogen-bond donors (Lipinski definition) is 2. The van der Waals surface area contributed by atoms with Gasteiger partial charge in [0.05, 0.1) is 23.6 Å². The molecule has 0 radical (unpaired) electrons. The van der Waals surface area contributed by atoms with Crippen LogP contribution >= 0.6 is 0 Å². The predicted molar refractivity (Wildman–Crippen MR) is 70.9 cm³/mol. The minimum Gasteiger partial charge on any atom is -0.389 e. The standard InChI is InChI=1S/C14H17N3O2/c18-13-9-16(10-14(13)19)8-11-6-7-17(15-11)12-4-2-1-3-5-12/h1-7,13-14,18-19H,8-10H2. The summed E-state index contributed by atoms with van der Waals surface area (Å²) in [7, 11) is 0. The van der Waals surface area contributed by atoms with Crippen LogP contribution in [0.4, 0.5) is 0 Å². The third-order valence-electron chi connectivity index (χ3n) is 3.39. The second-order valence-electron chi connectivity index (χ2n) is 4.92. The molecule has 1 aromatic heterocycles. The SMILES string of the molecule is OC1CN(Cc2ccn(-c3ccccc3)n2)CC1O. The van der Waals surface area contributed by atoms with Gasteiger partial charge in [-0.1, -0.05) is 18.2 Å². The number of benzene rings is 1. The molecule has 5 heteroatoms. The van der Waals surface area contributed by atoms with Gasteiger partial charge in [-0.25, -0.2) is 4.68 Å². The average Bonchev–Trinajstić information content (AvgIpc) is 2.99. The number of hydrogen-bond acceptors (Lipinski definition) is 4. The molecule has 2 heterocycles. The van der Waals surface area contributed by atoms with Crippen LogP contribution in [0.25, 0.3) is 5.69 Å². The number of nitrogens with zero attached hydrogens (tertiary/aromatic N) is 3. The highest BCUT2D eigenvalue weighted by atomic mass is 16.3. The molecule has 1 saturated heterocycles. The van der Waals surface area contributed by atoms with E-state index < -0.39 is 12.2 Å². The first kappa shape index (κ1) is 12.3. The summed E-state index contributed by atoms with van der Waals surface area (Å²) < 4.78 is 1.83. The van der Waals surface area contributed by atoms with Crippen molar-refractivity contribution in [3.8, 4) is 5.69 Å². The highest BCUT2D eigenvalue weighted by Crippen LogP contribution is 2.14. The lowest BCUT2D eigenvalue weighted by Crippen LogP contribution is -2.22. The van der Waals surface area contributed by atoms with E-state index in [9.17, 15) is 10.2 Å². The third-order valence-corrected chi connectivity index (χ3v) is 3.39. The van der Waals surface area contributed by atoms with Gasteiger partial charge in [0.25, 0.3) is 0 Å². The number of aromatic nitrogens is 2. The Morgan fingerprint density at radius 1 is 1.05 bits per heavy atom. The second-order valence-corrected chi connectivity index (χ2v) is 4.92. The van der Waals surface area contributed by atoms with Crippen molar-refractivity contribution < 1.29 is 10.2 Å². The first-order chi connectivity index (χ1) is 9.22. The van der Waals surface area contributed by atoms with E-state index in [1.807, 2.05) is 52.2 Å². The molecule has 5 nitrogen and oxygen atoms in total. The van der Waals surface area contributed by atoms with Crippen molar-refractivity contribution in [3.63, 3.8) is 0 Å². The second kappa shape index (κ2) is 5.13. The molecule has 100 valence electrons. The maximum Gasteiger partial charge on any atom is 0.0938 e. The van der Waals surface area contributed by atoms with Gasteiger partial charge in [-0.2, -0.15) is 5.10 Å². The van der Waals surface area contributed by atoms with E-state index in [2.05, 4.69) is 5.10 Å². The van der Waals surface area contributed by atoms with Gasteiger partial charge in [0.1, 0.15) is 0 Å². The zero-order valence-electron chi connectivity index (χ0n) is 10.6. The van der Waals surface area contributed by atoms with Crippen LogP contribution in [0.1, 0.15) is 5.69 Å². The maximum atomic E-state index is 9.51. The summed E-state index contributed by atoms with van der Waals surface area (Å²) in [6, 6.07) is 11.9. The zero-order chi connectivity index (χ0) is 13.2. The van der Waals surface area contributed by atoms with Crippen molar-refractivity contribution in [2.24, 2.45) is 0 Å². The maximum absolute atomic E-state index is 9.51.